The SMILES string of the molecule is c1ccc(-c2ccc3cc(Nc4ccc(Nc5ccc(-c6ccc7ccccc7c6)cc5)c(-c5ccccc5)c4-c4ccccc4)ccc3c2)cc1. The Kier molecular flexibility index (Phi) is 8.24. The van der Waals surface area contributed by atoms with Gasteiger partial charge >= 0.3 is 0 Å². The van der Waals surface area contributed by atoms with Crippen LogP contribution in [0.2, 0.25) is 0 Å². The lowest BCUT2D eigenvalue weighted by molar-refractivity contribution is 1.49. The number of rotatable bonds is 8. The minimum Gasteiger partial charge on any atom is -0.355 e. The second-order valence-electron chi connectivity index (χ2n) is 13.2. The van der Waals surface area contributed by atoms with Crippen LogP contribution in [0.1, 0.15) is 0 Å². The van der Waals surface area contributed by atoms with Crippen LogP contribution < -0.4 is 10.6 Å². The molecule has 2 N–H and O–H groups in total. The van der Waals surface area contributed by atoms with Crippen molar-refractivity contribution in [1.82, 2.24) is 0 Å². The van der Waals surface area contributed by atoms with Gasteiger partial charge in [0.15, 0.2) is 0 Å². The fourth-order valence-corrected chi connectivity index (χ4v) is 7.18. The van der Waals surface area contributed by atoms with Gasteiger partial charge in [0, 0.05) is 33.9 Å². The van der Waals surface area contributed by atoms with E-state index in [4.69, 9.17) is 0 Å². The summed E-state index contributed by atoms with van der Waals surface area (Å²) in [7, 11) is 0. The first-order valence-electron chi connectivity index (χ1n) is 17.8. The Bertz CT molecular complexity index is 2650. The molecule has 52 heavy (non-hydrogen) atoms. The zero-order valence-corrected chi connectivity index (χ0v) is 28.6. The summed E-state index contributed by atoms with van der Waals surface area (Å²) in [5, 5.41) is 12.5. The van der Waals surface area contributed by atoms with Crippen molar-refractivity contribution >= 4 is 44.3 Å². The Labute approximate surface area is 304 Å². The van der Waals surface area contributed by atoms with E-state index < -0.39 is 0 Å². The fraction of sp³-hybridized carbons (Fsp3) is 0. The van der Waals surface area contributed by atoms with Crippen molar-refractivity contribution in [3.05, 3.63) is 206 Å². The van der Waals surface area contributed by atoms with Gasteiger partial charge in [0.1, 0.15) is 0 Å². The molecule has 246 valence electrons. The highest BCUT2D eigenvalue weighted by Crippen LogP contribution is 2.45. The maximum atomic E-state index is 3.82. The van der Waals surface area contributed by atoms with E-state index >= 15 is 0 Å². The molecule has 0 spiro atoms. The molecule has 0 aliphatic rings. The van der Waals surface area contributed by atoms with Gasteiger partial charge in [-0.25, -0.2) is 0 Å². The average Bonchev–Trinajstić information content (AvgIpc) is 3.22. The van der Waals surface area contributed by atoms with Crippen LogP contribution in [0.4, 0.5) is 22.7 Å². The summed E-state index contributed by atoms with van der Waals surface area (Å²) in [6.45, 7) is 0. The van der Waals surface area contributed by atoms with E-state index in [9.17, 15) is 0 Å². The molecule has 2 heteroatoms. The van der Waals surface area contributed by atoms with Gasteiger partial charge in [0.05, 0.1) is 0 Å². The minimum atomic E-state index is 1.03. The molecule has 9 rings (SSSR count). The van der Waals surface area contributed by atoms with E-state index in [2.05, 4.69) is 217 Å². The van der Waals surface area contributed by atoms with Crippen molar-refractivity contribution in [2.75, 3.05) is 10.6 Å². The second kappa shape index (κ2) is 13.8. The Morgan fingerprint density at radius 3 is 1.21 bits per heavy atom. The van der Waals surface area contributed by atoms with Crippen molar-refractivity contribution in [1.29, 1.82) is 0 Å². The van der Waals surface area contributed by atoms with Crippen LogP contribution in [-0.4, -0.2) is 0 Å². The normalized spacial score (nSPS) is 11.1. The predicted molar refractivity (Wildman–Crippen MR) is 223 cm³/mol. The van der Waals surface area contributed by atoms with E-state index in [0.717, 1.165) is 45.0 Å². The Morgan fingerprint density at radius 2 is 0.615 bits per heavy atom. The van der Waals surface area contributed by atoms with Gasteiger partial charge in [0.25, 0.3) is 0 Å². The first-order chi connectivity index (χ1) is 25.7. The van der Waals surface area contributed by atoms with Crippen LogP contribution >= 0.6 is 0 Å². The van der Waals surface area contributed by atoms with Crippen molar-refractivity contribution < 1.29 is 0 Å². The molecule has 0 saturated carbocycles. The lowest BCUT2D eigenvalue weighted by Gasteiger charge is -2.22. The van der Waals surface area contributed by atoms with Gasteiger partial charge in [-0.3, -0.25) is 0 Å². The molecule has 0 aliphatic heterocycles. The van der Waals surface area contributed by atoms with E-state index in [1.165, 1.54) is 43.8 Å². The number of benzene rings is 9. The second-order valence-corrected chi connectivity index (χ2v) is 13.2. The van der Waals surface area contributed by atoms with E-state index in [1.54, 1.807) is 0 Å². The summed E-state index contributed by atoms with van der Waals surface area (Å²) in [4.78, 5) is 0. The van der Waals surface area contributed by atoms with Gasteiger partial charge < -0.3 is 10.6 Å². The number of hydrogen-bond acceptors (Lipinski definition) is 2. The molecule has 9 aromatic carbocycles. The zero-order valence-electron chi connectivity index (χ0n) is 28.6. The van der Waals surface area contributed by atoms with Crippen LogP contribution in [0.25, 0.3) is 66.1 Å². The molecule has 9 aromatic rings. The first kappa shape index (κ1) is 31.1. The molecule has 0 radical (unpaired) electrons. The van der Waals surface area contributed by atoms with Gasteiger partial charge in [-0.2, -0.15) is 0 Å². The highest BCUT2D eigenvalue weighted by Gasteiger charge is 2.18. The molecule has 0 atom stereocenters. The van der Waals surface area contributed by atoms with Crippen LogP contribution in [0.15, 0.2) is 206 Å². The summed E-state index contributed by atoms with van der Waals surface area (Å²) < 4.78 is 0. The maximum Gasteiger partial charge on any atom is 0.0471 e. The third-order valence-electron chi connectivity index (χ3n) is 9.80. The fourth-order valence-electron chi connectivity index (χ4n) is 7.18. The van der Waals surface area contributed by atoms with Gasteiger partial charge in [0.2, 0.25) is 0 Å². The number of fused-ring (bicyclic) bond motifs is 2. The van der Waals surface area contributed by atoms with E-state index in [0.29, 0.717) is 0 Å². The molecular weight excluding hydrogens is 629 g/mol. The molecule has 0 fully saturated rings. The topological polar surface area (TPSA) is 24.1 Å². The molecule has 0 saturated heterocycles. The van der Waals surface area contributed by atoms with Gasteiger partial charge in [-0.1, -0.05) is 158 Å². The van der Waals surface area contributed by atoms with Crippen molar-refractivity contribution in [3.8, 4) is 44.5 Å². The molecule has 0 amide bonds. The molecular formula is C50H36N2. The first-order valence-corrected chi connectivity index (χ1v) is 17.8. The highest BCUT2D eigenvalue weighted by atomic mass is 14.9. The highest BCUT2D eigenvalue weighted by molar-refractivity contribution is 6.01. The van der Waals surface area contributed by atoms with Gasteiger partial charge in [-0.15, -0.1) is 0 Å². The average molecular weight is 665 g/mol. The quantitative estimate of drug-likeness (QED) is 0.169. The number of nitrogens with one attached hydrogen (secondary N) is 2. The maximum absolute atomic E-state index is 3.82. The van der Waals surface area contributed by atoms with Crippen LogP contribution in [0.5, 0.6) is 0 Å². The molecule has 2 nitrogen and oxygen atoms in total. The molecule has 0 bridgehead atoms. The van der Waals surface area contributed by atoms with E-state index in [-0.39, 0.29) is 0 Å². The number of anilines is 4. The van der Waals surface area contributed by atoms with E-state index in [1.807, 2.05) is 0 Å². The van der Waals surface area contributed by atoms with Crippen molar-refractivity contribution in [2.45, 2.75) is 0 Å². The summed E-state index contributed by atoms with van der Waals surface area (Å²) in [6, 6.07) is 73.6. The Morgan fingerprint density at radius 1 is 0.231 bits per heavy atom. The Hall–Kier alpha value is -6.90. The summed E-state index contributed by atoms with van der Waals surface area (Å²) >= 11 is 0. The Balaban J connectivity index is 1.10. The minimum absolute atomic E-state index is 1.03. The largest absolute Gasteiger partial charge is 0.355 e. The van der Waals surface area contributed by atoms with Crippen LogP contribution in [0, 0.1) is 0 Å². The lowest BCUT2D eigenvalue weighted by Crippen LogP contribution is -2.00. The lowest BCUT2D eigenvalue weighted by atomic mass is 9.91. The third kappa shape index (κ3) is 6.30. The summed E-state index contributed by atoms with van der Waals surface area (Å²) in [6.07, 6.45) is 0. The van der Waals surface area contributed by atoms with Crippen LogP contribution in [-0.2, 0) is 0 Å². The molecule has 0 aliphatic carbocycles. The smallest absolute Gasteiger partial charge is 0.0471 e. The van der Waals surface area contributed by atoms with Crippen LogP contribution in [0.3, 0.4) is 0 Å². The van der Waals surface area contributed by atoms with Crippen molar-refractivity contribution in [2.24, 2.45) is 0 Å². The van der Waals surface area contributed by atoms with Crippen molar-refractivity contribution in [3.63, 3.8) is 0 Å². The molecule has 0 unspecified atom stereocenters. The summed E-state index contributed by atoms with van der Waals surface area (Å²) in [5.41, 5.74) is 13.6. The molecule has 0 aromatic heterocycles. The van der Waals surface area contributed by atoms with Gasteiger partial charge in [-0.05, 0) is 103 Å². The monoisotopic (exact) mass is 664 g/mol. The predicted octanol–water partition coefficient (Wildman–Crippen LogP) is 14.1. The molecule has 0 heterocycles. The standard InChI is InChI=1S/C50H36N2/c1-4-12-35(13-5-1)41-22-23-44-34-46(29-26-43(44)33-41)52-48-31-30-47(49(38-15-6-2-7-16-38)50(48)39-17-8-3-9-18-39)51-45-27-24-37(25-28-45)42-21-20-36-14-10-11-19-40(36)32-42/h1-34,51-52H. The third-order valence-corrected chi connectivity index (χ3v) is 9.80. The summed E-state index contributed by atoms with van der Waals surface area (Å²) in [5.74, 6) is 0. The number of hydrogen-bond donors (Lipinski definition) is 2. The zero-order chi connectivity index (χ0) is 34.7.